The van der Waals surface area contributed by atoms with Gasteiger partial charge in [0.1, 0.15) is 5.75 Å². The molecular formula is C27H28N2O6S. The van der Waals surface area contributed by atoms with Crippen molar-refractivity contribution in [2.24, 2.45) is 4.99 Å². The zero-order chi connectivity index (χ0) is 25.8. The van der Waals surface area contributed by atoms with Crippen molar-refractivity contribution in [2.45, 2.75) is 33.7 Å². The Morgan fingerprint density at radius 3 is 2.50 bits per heavy atom. The van der Waals surface area contributed by atoms with Crippen molar-refractivity contribution in [1.29, 1.82) is 0 Å². The smallest absolute Gasteiger partial charge is 0.338 e. The predicted octanol–water partition coefficient (Wildman–Crippen LogP) is 3.30. The van der Waals surface area contributed by atoms with Gasteiger partial charge in [-0.1, -0.05) is 35.6 Å². The highest BCUT2D eigenvalue weighted by Gasteiger charge is 2.34. The monoisotopic (exact) mass is 508 g/mol. The van der Waals surface area contributed by atoms with E-state index in [-0.39, 0.29) is 23.5 Å². The Bertz CT molecular complexity index is 1500. The fraction of sp³-hybridized carbons (Fsp3) is 0.296. The van der Waals surface area contributed by atoms with Crippen molar-refractivity contribution in [3.05, 3.63) is 84.5 Å². The number of carbonyl (C=O) groups is 1. The molecule has 0 spiro atoms. The second-order valence-corrected chi connectivity index (χ2v) is 8.94. The van der Waals surface area contributed by atoms with Gasteiger partial charge in [0.15, 0.2) is 16.3 Å². The van der Waals surface area contributed by atoms with Gasteiger partial charge in [0.25, 0.3) is 5.56 Å². The fourth-order valence-electron chi connectivity index (χ4n) is 4.10. The molecule has 0 aliphatic carbocycles. The molecule has 3 aromatic rings. The molecule has 2 heterocycles. The molecule has 0 bridgehead atoms. The third kappa shape index (κ3) is 4.79. The van der Waals surface area contributed by atoms with E-state index in [0.717, 1.165) is 0 Å². The number of aromatic hydroxyl groups is 1. The third-order valence-corrected chi connectivity index (χ3v) is 6.61. The number of phenolic OH excluding ortho intramolecular Hbond substituents is 1. The number of carbonyl (C=O) groups excluding carboxylic acids is 1. The van der Waals surface area contributed by atoms with E-state index < -0.39 is 12.0 Å². The molecule has 0 saturated heterocycles. The molecule has 0 amide bonds. The summed E-state index contributed by atoms with van der Waals surface area (Å²) < 4.78 is 18.7. The second-order valence-electron chi connectivity index (χ2n) is 7.93. The molecule has 0 fully saturated rings. The van der Waals surface area contributed by atoms with Crippen LogP contribution in [0.25, 0.3) is 6.08 Å². The first-order chi connectivity index (χ1) is 17.4. The van der Waals surface area contributed by atoms with Gasteiger partial charge in [-0.05, 0) is 57.5 Å². The minimum absolute atomic E-state index is 0.0659. The Morgan fingerprint density at radius 1 is 1.08 bits per heavy atom. The Morgan fingerprint density at radius 2 is 1.81 bits per heavy atom. The normalized spacial score (nSPS) is 15.3. The molecule has 2 aromatic carbocycles. The zero-order valence-corrected chi connectivity index (χ0v) is 21.4. The molecule has 0 radical (unpaired) electrons. The van der Waals surface area contributed by atoms with Crippen LogP contribution in [0.2, 0.25) is 0 Å². The molecule has 1 aromatic heterocycles. The number of esters is 1. The van der Waals surface area contributed by atoms with Gasteiger partial charge in [-0.25, -0.2) is 9.79 Å². The highest BCUT2D eigenvalue weighted by atomic mass is 32.1. The molecule has 9 heteroatoms. The number of rotatable bonds is 8. The first-order valence-electron chi connectivity index (χ1n) is 11.8. The van der Waals surface area contributed by atoms with E-state index in [2.05, 4.69) is 4.99 Å². The zero-order valence-electron chi connectivity index (χ0n) is 20.6. The van der Waals surface area contributed by atoms with E-state index in [1.807, 2.05) is 19.9 Å². The average Bonchev–Trinajstić information content (AvgIpc) is 3.15. The number of phenols is 1. The first kappa shape index (κ1) is 25.2. The molecule has 0 unspecified atom stereocenters. The first-order valence-corrected chi connectivity index (χ1v) is 12.6. The average molecular weight is 509 g/mol. The van der Waals surface area contributed by atoms with Gasteiger partial charge in [0, 0.05) is 5.56 Å². The summed E-state index contributed by atoms with van der Waals surface area (Å²) in [6.45, 7) is 8.30. The van der Waals surface area contributed by atoms with Gasteiger partial charge < -0.3 is 19.3 Å². The lowest BCUT2D eigenvalue weighted by Crippen LogP contribution is -2.40. The van der Waals surface area contributed by atoms with Gasteiger partial charge in [-0.3, -0.25) is 9.36 Å². The Balaban J connectivity index is 1.97. The van der Waals surface area contributed by atoms with Crippen LogP contribution in [0.5, 0.6) is 17.2 Å². The van der Waals surface area contributed by atoms with Gasteiger partial charge in [-0.2, -0.15) is 0 Å². The fourth-order valence-corrected chi connectivity index (χ4v) is 5.13. The predicted molar refractivity (Wildman–Crippen MR) is 137 cm³/mol. The number of allylic oxidation sites excluding steroid dienone is 1. The molecule has 36 heavy (non-hydrogen) atoms. The maximum atomic E-state index is 13.7. The third-order valence-electron chi connectivity index (χ3n) is 5.62. The summed E-state index contributed by atoms with van der Waals surface area (Å²) in [6, 6.07) is 11.4. The molecule has 4 rings (SSSR count). The summed E-state index contributed by atoms with van der Waals surface area (Å²) in [6.07, 6.45) is 1.63. The molecule has 8 nitrogen and oxygen atoms in total. The number of hydrogen-bond donors (Lipinski definition) is 1. The Labute approximate surface area is 212 Å². The Kier molecular flexibility index (Phi) is 7.59. The van der Waals surface area contributed by atoms with Gasteiger partial charge in [0.2, 0.25) is 0 Å². The number of ether oxygens (including phenoxy) is 3. The van der Waals surface area contributed by atoms with Crippen LogP contribution in [0.1, 0.15) is 44.9 Å². The number of fused-ring (bicyclic) bond motifs is 1. The van der Waals surface area contributed by atoms with Gasteiger partial charge in [-0.15, -0.1) is 0 Å². The number of para-hydroxylation sites is 1. The van der Waals surface area contributed by atoms with Crippen LogP contribution in [0.15, 0.2) is 63.5 Å². The quantitative estimate of drug-likeness (QED) is 0.469. The van der Waals surface area contributed by atoms with E-state index in [0.29, 0.717) is 50.9 Å². The molecule has 1 aliphatic heterocycles. The maximum Gasteiger partial charge on any atom is 0.338 e. The highest BCUT2D eigenvalue weighted by molar-refractivity contribution is 7.07. The number of nitrogens with zero attached hydrogens (tertiary/aromatic N) is 2. The summed E-state index contributed by atoms with van der Waals surface area (Å²) in [5, 5.41) is 10.2. The maximum absolute atomic E-state index is 13.7. The molecule has 188 valence electrons. The van der Waals surface area contributed by atoms with Crippen LogP contribution < -0.4 is 24.4 Å². The van der Waals surface area contributed by atoms with Crippen LogP contribution >= 0.6 is 11.3 Å². The lowest BCUT2D eigenvalue weighted by Gasteiger charge is -2.25. The summed E-state index contributed by atoms with van der Waals surface area (Å²) >= 11 is 1.20. The van der Waals surface area contributed by atoms with Crippen LogP contribution in [-0.4, -0.2) is 35.5 Å². The lowest BCUT2D eigenvalue weighted by molar-refractivity contribution is -0.139. The van der Waals surface area contributed by atoms with E-state index in [9.17, 15) is 14.7 Å². The summed E-state index contributed by atoms with van der Waals surface area (Å²) in [5.74, 6) is 0.626. The number of hydrogen-bond acceptors (Lipinski definition) is 8. The van der Waals surface area contributed by atoms with Crippen molar-refractivity contribution in [2.75, 3.05) is 19.8 Å². The molecule has 1 N–H and O–H groups in total. The lowest BCUT2D eigenvalue weighted by atomic mass is 9.95. The van der Waals surface area contributed by atoms with E-state index in [1.165, 1.54) is 15.9 Å². The van der Waals surface area contributed by atoms with Gasteiger partial charge in [0.05, 0.1) is 41.7 Å². The SMILES string of the molecule is CCOC(=O)C1=C(C)N=c2s/c(=C\c3ccccc3O)c(=O)n2[C@@H]1c1ccc(OCC)c(OCC)c1. The van der Waals surface area contributed by atoms with Crippen molar-refractivity contribution in [1.82, 2.24) is 4.57 Å². The van der Waals surface area contributed by atoms with Crippen molar-refractivity contribution in [3.8, 4) is 17.2 Å². The van der Waals surface area contributed by atoms with Gasteiger partial charge >= 0.3 is 5.97 Å². The summed E-state index contributed by atoms with van der Waals surface area (Å²) in [5.41, 5.74) is 1.61. The standard InChI is InChI=1S/C27H28N2O6S/c1-5-33-20-13-12-18(14-21(20)34-6-2)24-23(26(32)35-7-3)16(4)28-27-29(24)25(31)22(36-27)15-17-10-8-9-11-19(17)30/h8-15,24,30H,5-7H2,1-4H3/b22-15-/t24-/m1/s1. The van der Waals surface area contributed by atoms with E-state index in [1.54, 1.807) is 56.3 Å². The van der Waals surface area contributed by atoms with Crippen LogP contribution in [0.4, 0.5) is 0 Å². The summed E-state index contributed by atoms with van der Waals surface area (Å²) in [7, 11) is 0. The molecule has 1 aliphatic rings. The molecule has 1 atom stereocenters. The molecule has 0 saturated carbocycles. The van der Waals surface area contributed by atoms with Crippen LogP contribution in [-0.2, 0) is 9.53 Å². The van der Waals surface area contributed by atoms with Crippen molar-refractivity contribution < 1.29 is 24.1 Å². The molecular weight excluding hydrogens is 480 g/mol. The number of aromatic nitrogens is 1. The second kappa shape index (κ2) is 10.8. The number of thiazole rings is 1. The largest absolute Gasteiger partial charge is 0.507 e. The van der Waals surface area contributed by atoms with Crippen LogP contribution in [0.3, 0.4) is 0 Å². The topological polar surface area (TPSA) is 99.4 Å². The van der Waals surface area contributed by atoms with Crippen molar-refractivity contribution in [3.63, 3.8) is 0 Å². The minimum atomic E-state index is -0.776. The van der Waals surface area contributed by atoms with Crippen LogP contribution in [0, 0.1) is 0 Å². The van der Waals surface area contributed by atoms with Crippen molar-refractivity contribution >= 4 is 23.4 Å². The van der Waals surface area contributed by atoms with E-state index >= 15 is 0 Å². The minimum Gasteiger partial charge on any atom is -0.507 e. The Hall–Kier alpha value is -3.85. The van der Waals surface area contributed by atoms with E-state index in [4.69, 9.17) is 14.2 Å². The summed E-state index contributed by atoms with van der Waals surface area (Å²) in [4.78, 5) is 31.8. The number of benzene rings is 2. The highest BCUT2D eigenvalue weighted by Crippen LogP contribution is 2.36.